The Labute approximate surface area is 115 Å². The summed E-state index contributed by atoms with van der Waals surface area (Å²) in [5, 5.41) is 2.98. The number of nitrogens with zero attached hydrogens (tertiary/aromatic N) is 2. The number of hydrogen-bond acceptors (Lipinski definition) is 2. The van der Waals surface area contributed by atoms with Crippen LogP contribution in [0.1, 0.15) is 19.4 Å². The lowest BCUT2D eigenvalue weighted by Gasteiger charge is -2.44. The number of benzene rings is 1. The Bertz CT molecular complexity index is 437. The van der Waals surface area contributed by atoms with Crippen LogP contribution >= 0.6 is 0 Å². The van der Waals surface area contributed by atoms with Crippen molar-refractivity contribution in [3.63, 3.8) is 0 Å². The number of anilines is 1. The van der Waals surface area contributed by atoms with Crippen molar-refractivity contribution in [3.05, 3.63) is 29.8 Å². The second-order valence-corrected chi connectivity index (χ2v) is 5.03. The zero-order valence-corrected chi connectivity index (χ0v) is 12.0. The van der Waals surface area contributed by atoms with Crippen LogP contribution in [0.3, 0.4) is 0 Å². The Morgan fingerprint density at radius 1 is 1.32 bits per heavy atom. The fourth-order valence-electron chi connectivity index (χ4n) is 2.50. The summed E-state index contributed by atoms with van der Waals surface area (Å²) in [6.45, 7) is 10.1. The van der Waals surface area contributed by atoms with E-state index in [9.17, 15) is 4.79 Å². The number of aryl methyl sites for hydroxylation is 1. The SMILES string of the molecule is CCN(CC)C1CN(C(=O)Nc2ccccc2C)C1. The Morgan fingerprint density at radius 3 is 2.53 bits per heavy atom. The van der Waals surface area contributed by atoms with Gasteiger partial charge in [0.1, 0.15) is 0 Å². The minimum absolute atomic E-state index is 0.0118. The van der Waals surface area contributed by atoms with Gasteiger partial charge in [0.25, 0.3) is 0 Å². The van der Waals surface area contributed by atoms with Gasteiger partial charge in [-0.2, -0.15) is 0 Å². The predicted molar refractivity (Wildman–Crippen MR) is 78.5 cm³/mol. The van der Waals surface area contributed by atoms with E-state index in [2.05, 4.69) is 24.1 Å². The quantitative estimate of drug-likeness (QED) is 0.904. The fraction of sp³-hybridized carbons (Fsp3) is 0.533. The third kappa shape index (κ3) is 3.07. The first-order valence-corrected chi connectivity index (χ1v) is 7.01. The van der Waals surface area contributed by atoms with Crippen LogP contribution in [0, 0.1) is 6.92 Å². The number of nitrogens with one attached hydrogen (secondary N) is 1. The van der Waals surface area contributed by atoms with Crippen LogP contribution in [0.15, 0.2) is 24.3 Å². The van der Waals surface area contributed by atoms with Crippen molar-refractivity contribution in [1.82, 2.24) is 9.80 Å². The summed E-state index contributed by atoms with van der Waals surface area (Å²) in [4.78, 5) is 16.4. The van der Waals surface area contributed by atoms with Crippen molar-refractivity contribution in [2.24, 2.45) is 0 Å². The number of likely N-dealkylation sites (tertiary alicyclic amines) is 1. The van der Waals surface area contributed by atoms with E-state index in [1.165, 1.54) is 0 Å². The first kappa shape index (κ1) is 13.9. The van der Waals surface area contributed by atoms with Gasteiger partial charge in [-0.1, -0.05) is 32.0 Å². The normalized spacial score (nSPS) is 15.5. The molecule has 1 heterocycles. The van der Waals surface area contributed by atoms with Gasteiger partial charge in [0.05, 0.1) is 0 Å². The number of amides is 2. The molecular weight excluding hydrogens is 238 g/mol. The topological polar surface area (TPSA) is 35.6 Å². The average Bonchev–Trinajstić information content (AvgIpc) is 2.35. The number of carbonyl (C=O) groups excluding carboxylic acids is 1. The van der Waals surface area contributed by atoms with Gasteiger partial charge in [0.2, 0.25) is 0 Å². The first-order chi connectivity index (χ1) is 9.15. The van der Waals surface area contributed by atoms with Crippen molar-refractivity contribution in [1.29, 1.82) is 0 Å². The zero-order chi connectivity index (χ0) is 13.8. The van der Waals surface area contributed by atoms with Crippen LogP contribution in [-0.4, -0.2) is 48.1 Å². The van der Waals surface area contributed by atoms with E-state index < -0.39 is 0 Å². The van der Waals surface area contributed by atoms with Crippen LogP contribution < -0.4 is 5.32 Å². The molecule has 0 radical (unpaired) electrons. The third-order valence-electron chi connectivity index (χ3n) is 3.86. The van der Waals surface area contributed by atoms with Crippen LogP contribution in [0.4, 0.5) is 10.5 Å². The zero-order valence-electron chi connectivity index (χ0n) is 12.0. The molecule has 4 heteroatoms. The van der Waals surface area contributed by atoms with Crippen molar-refractivity contribution < 1.29 is 4.79 Å². The van der Waals surface area contributed by atoms with Gasteiger partial charge in [-0.15, -0.1) is 0 Å². The number of carbonyl (C=O) groups is 1. The van der Waals surface area contributed by atoms with Gasteiger partial charge < -0.3 is 10.2 Å². The van der Waals surface area contributed by atoms with Gasteiger partial charge in [0, 0.05) is 24.8 Å². The molecule has 0 aromatic heterocycles. The molecular formula is C15H23N3O. The van der Waals surface area contributed by atoms with E-state index in [4.69, 9.17) is 0 Å². The average molecular weight is 261 g/mol. The van der Waals surface area contributed by atoms with E-state index in [0.717, 1.165) is 37.4 Å². The molecule has 104 valence electrons. The lowest BCUT2D eigenvalue weighted by atomic mass is 10.1. The summed E-state index contributed by atoms with van der Waals surface area (Å²) in [5.74, 6) is 0. The fourth-order valence-corrected chi connectivity index (χ4v) is 2.50. The highest BCUT2D eigenvalue weighted by Gasteiger charge is 2.33. The van der Waals surface area contributed by atoms with Gasteiger partial charge in [-0.05, 0) is 31.6 Å². The lowest BCUT2D eigenvalue weighted by molar-refractivity contribution is 0.0685. The molecule has 19 heavy (non-hydrogen) atoms. The molecule has 0 bridgehead atoms. The molecule has 1 aliphatic rings. The predicted octanol–water partition coefficient (Wildman–Crippen LogP) is 2.55. The molecule has 1 aromatic carbocycles. The minimum atomic E-state index is 0.0118. The maximum Gasteiger partial charge on any atom is 0.321 e. The summed E-state index contributed by atoms with van der Waals surface area (Å²) in [5.41, 5.74) is 2.00. The minimum Gasteiger partial charge on any atom is -0.321 e. The summed E-state index contributed by atoms with van der Waals surface area (Å²) >= 11 is 0. The molecule has 0 aliphatic carbocycles. The van der Waals surface area contributed by atoms with Crippen LogP contribution in [0.5, 0.6) is 0 Å². The Hall–Kier alpha value is -1.55. The molecule has 1 fully saturated rings. The second kappa shape index (κ2) is 6.06. The van der Waals surface area contributed by atoms with Crippen molar-refractivity contribution in [2.75, 3.05) is 31.5 Å². The van der Waals surface area contributed by atoms with Gasteiger partial charge in [-0.25, -0.2) is 4.79 Å². The van der Waals surface area contributed by atoms with Gasteiger partial charge in [0.15, 0.2) is 0 Å². The number of urea groups is 1. The second-order valence-electron chi connectivity index (χ2n) is 5.03. The molecule has 1 aliphatic heterocycles. The number of likely N-dealkylation sites (N-methyl/N-ethyl adjacent to an activating group) is 1. The summed E-state index contributed by atoms with van der Waals surface area (Å²) in [6.07, 6.45) is 0. The maximum absolute atomic E-state index is 12.1. The van der Waals surface area contributed by atoms with Crippen molar-refractivity contribution in [3.8, 4) is 0 Å². The van der Waals surface area contributed by atoms with Crippen molar-refractivity contribution >= 4 is 11.7 Å². The lowest BCUT2D eigenvalue weighted by Crippen LogP contribution is -2.61. The van der Waals surface area contributed by atoms with Crippen LogP contribution in [0.2, 0.25) is 0 Å². The summed E-state index contributed by atoms with van der Waals surface area (Å²) in [7, 11) is 0. The molecule has 1 N–H and O–H groups in total. The number of hydrogen-bond donors (Lipinski definition) is 1. The monoisotopic (exact) mass is 261 g/mol. The Balaban J connectivity index is 1.85. The van der Waals surface area contributed by atoms with E-state index >= 15 is 0 Å². The smallest absolute Gasteiger partial charge is 0.321 e. The van der Waals surface area contributed by atoms with Crippen molar-refractivity contribution in [2.45, 2.75) is 26.8 Å². The highest BCUT2D eigenvalue weighted by Crippen LogP contribution is 2.18. The van der Waals surface area contributed by atoms with Gasteiger partial charge in [-0.3, -0.25) is 4.90 Å². The molecule has 0 unspecified atom stereocenters. The molecule has 0 atom stereocenters. The molecule has 4 nitrogen and oxygen atoms in total. The van der Waals surface area contributed by atoms with E-state index in [1.807, 2.05) is 36.1 Å². The third-order valence-corrected chi connectivity index (χ3v) is 3.86. The first-order valence-electron chi connectivity index (χ1n) is 7.01. The standard InChI is InChI=1S/C15H23N3O/c1-4-17(5-2)13-10-18(11-13)15(19)16-14-9-7-6-8-12(14)3/h6-9,13H,4-5,10-11H2,1-3H3,(H,16,19). The molecule has 0 saturated carbocycles. The van der Waals surface area contributed by atoms with E-state index in [0.29, 0.717) is 6.04 Å². The molecule has 1 saturated heterocycles. The molecule has 2 amide bonds. The van der Waals surface area contributed by atoms with E-state index in [1.54, 1.807) is 0 Å². The van der Waals surface area contributed by atoms with Crippen LogP contribution in [0.25, 0.3) is 0 Å². The number of rotatable bonds is 4. The highest BCUT2D eigenvalue weighted by atomic mass is 16.2. The molecule has 0 spiro atoms. The Morgan fingerprint density at radius 2 is 1.95 bits per heavy atom. The largest absolute Gasteiger partial charge is 0.321 e. The maximum atomic E-state index is 12.1. The molecule has 1 aromatic rings. The Kier molecular flexibility index (Phi) is 4.43. The highest BCUT2D eigenvalue weighted by molar-refractivity contribution is 5.90. The summed E-state index contributed by atoms with van der Waals surface area (Å²) in [6, 6.07) is 8.40. The summed E-state index contributed by atoms with van der Waals surface area (Å²) < 4.78 is 0. The van der Waals surface area contributed by atoms with Crippen LogP contribution in [-0.2, 0) is 0 Å². The van der Waals surface area contributed by atoms with Gasteiger partial charge >= 0.3 is 6.03 Å². The molecule has 2 rings (SSSR count). The number of para-hydroxylation sites is 1. The van der Waals surface area contributed by atoms with E-state index in [-0.39, 0.29) is 6.03 Å².